The third-order valence-electron chi connectivity index (χ3n) is 4.28. The number of nitrogens with zero attached hydrogens (tertiary/aromatic N) is 1. The number of piperidine rings is 2. The molecule has 6 atom stereocenters. The minimum absolute atomic E-state index is 0.0850. The first kappa shape index (κ1) is 13.7. The second-order valence-electron chi connectivity index (χ2n) is 5.52. The van der Waals surface area contributed by atoms with Crippen LogP contribution in [-0.2, 0) is 23.9 Å². The fourth-order valence-electron chi connectivity index (χ4n) is 3.68. The highest BCUT2D eigenvalue weighted by molar-refractivity contribution is 8.00. The lowest BCUT2D eigenvalue weighted by atomic mass is 9.79. The molecule has 0 aromatic heterocycles. The molecule has 6 unspecified atom stereocenters. The topological polar surface area (TPSA) is 72.9 Å². The third-order valence-corrected chi connectivity index (χ3v) is 5.90. The molecule has 4 saturated heterocycles. The van der Waals surface area contributed by atoms with Gasteiger partial charge >= 0.3 is 11.9 Å². The molecule has 0 spiro atoms. The largest absolute Gasteiger partial charge is 0.459 e. The van der Waals surface area contributed by atoms with Crippen LogP contribution in [0.1, 0.15) is 26.7 Å². The minimum atomic E-state index is -0.314. The van der Waals surface area contributed by atoms with E-state index in [1.165, 1.54) is 13.8 Å². The number of thioether (sulfide) groups is 1. The Bertz CT molecular complexity index is 420. The molecule has 0 aliphatic carbocycles. The first-order chi connectivity index (χ1) is 9.51. The summed E-state index contributed by atoms with van der Waals surface area (Å²) >= 11 is 1.72. The SMILES string of the molecule is CC(=O)OC1C2CC3C(OC(C)=O)C(CC1N3C=O)S2. The highest BCUT2D eigenvalue weighted by Crippen LogP contribution is 2.51. The summed E-state index contributed by atoms with van der Waals surface area (Å²) in [5.41, 5.74) is 0. The first-order valence-electron chi connectivity index (χ1n) is 6.74. The van der Waals surface area contributed by atoms with Gasteiger partial charge in [0.05, 0.1) is 12.1 Å². The molecule has 110 valence electrons. The Morgan fingerprint density at radius 3 is 1.85 bits per heavy atom. The van der Waals surface area contributed by atoms with E-state index in [2.05, 4.69) is 0 Å². The summed E-state index contributed by atoms with van der Waals surface area (Å²) in [6.45, 7) is 2.78. The molecule has 4 fully saturated rings. The summed E-state index contributed by atoms with van der Waals surface area (Å²) in [6.07, 6.45) is 1.71. The second-order valence-corrected chi connectivity index (χ2v) is 7.00. The van der Waals surface area contributed by atoms with Crippen molar-refractivity contribution in [3.63, 3.8) is 0 Å². The van der Waals surface area contributed by atoms with Crippen LogP contribution in [0.5, 0.6) is 0 Å². The van der Waals surface area contributed by atoms with Gasteiger partial charge in [-0.05, 0) is 12.8 Å². The van der Waals surface area contributed by atoms with Gasteiger partial charge in [-0.2, -0.15) is 0 Å². The van der Waals surface area contributed by atoms with Crippen LogP contribution in [0.4, 0.5) is 0 Å². The van der Waals surface area contributed by atoms with Gasteiger partial charge < -0.3 is 14.4 Å². The molecule has 4 aliphatic rings. The smallest absolute Gasteiger partial charge is 0.303 e. The van der Waals surface area contributed by atoms with Crippen LogP contribution in [-0.4, -0.2) is 58.0 Å². The highest BCUT2D eigenvalue weighted by atomic mass is 32.2. The van der Waals surface area contributed by atoms with E-state index in [0.717, 1.165) is 6.41 Å². The lowest BCUT2D eigenvalue weighted by molar-refractivity contribution is -0.174. The van der Waals surface area contributed by atoms with Gasteiger partial charge in [0.1, 0.15) is 12.2 Å². The van der Waals surface area contributed by atoms with E-state index in [1.54, 1.807) is 16.7 Å². The highest BCUT2D eigenvalue weighted by Gasteiger charge is 2.59. The van der Waals surface area contributed by atoms with Crippen LogP contribution in [0.25, 0.3) is 0 Å². The molecular formula is C13H17NO5S. The Morgan fingerprint density at radius 2 is 1.50 bits per heavy atom. The van der Waals surface area contributed by atoms with Crippen molar-refractivity contribution in [1.82, 2.24) is 4.90 Å². The zero-order valence-corrected chi connectivity index (χ0v) is 12.2. The van der Waals surface area contributed by atoms with Gasteiger partial charge in [0, 0.05) is 24.3 Å². The number of ether oxygens (including phenoxy) is 2. The molecule has 0 radical (unpaired) electrons. The van der Waals surface area contributed by atoms with Crippen molar-refractivity contribution in [2.45, 2.75) is 61.5 Å². The lowest BCUT2D eigenvalue weighted by Crippen LogP contribution is -2.72. The molecular weight excluding hydrogens is 282 g/mol. The van der Waals surface area contributed by atoms with Crippen molar-refractivity contribution in [3.05, 3.63) is 0 Å². The fourth-order valence-corrected chi connectivity index (χ4v) is 5.52. The van der Waals surface area contributed by atoms with Crippen molar-refractivity contribution in [3.8, 4) is 0 Å². The molecule has 0 N–H and O–H groups in total. The number of hydrogen-bond acceptors (Lipinski definition) is 6. The Balaban J connectivity index is 1.84. The van der Waals surface area contributed by atoms with Gasteiger partial charge in [-0.25, -0.2) is 0 Å². The zero-order valence-electron chi connectivity index (χ0n) is 11.4. The maximum atomic E-state index is 11.4. The van der Waals surface area contributed by atoms with Crippen molar-refractivity contribution in [1.29, 1.82) is 0 Å². The lowest BCUT2D eigenvalue weighted by Gasteiger charge is -2.59. The Kier molecular flexibility index (Phi) is 3.40. The van der Waals surface area contributed by atoms with E-state index in [0.29, 0.717) is 12.8 Å². The van der Waals surface area contributed by atoms with E-state index in [9.17, 15) is 14.4 Å². The van der Waals surface area contributed by atoms with E-state index in [4.69, 9.17) is 9.47 Å². The van der Waals surface area contributed by atoms with Gasteiger partial charge in [0.15, 0.2) is 0 Å². The van der Waals surface area contributed by atoms with Crippen LogP contribution in [0, 0.1) is 0 Å². The monoisotopic (exact) mass is 299 g/mol. The van der Waals surface area contributed by atoms with Crippen molar-refractivity contribution in [2.24, 2.45) is 0 Å². The average molecular weight is 299 g/mol. The van der Waals surface area contributed by atoms with Gasteiger partial charge in [-0.15, -0.1) is 11.8 Å². The van der Waals surface area contributed by atoms with Crippen LogP contribution in [0.15, 0.2) is 0 Å². The summed E-state index contributed by atoms with van der Waals surface area (Å²) in [5.74, 6) is -0.629. The molecule has 4 aliphatic heterocycles. The van der Waals surface area contributed by atoms with Gasteiger partial charge in [-0.3, -0.25) is 14.4 Å². The van der Waals surface area contributed by atoms with E-state index < -0.39 is 0 Å². The fraction of sp³-hybridized carbons (Fsp3) is 0.769. The average Bonchev–Trinajstić information content (AvgIpc) is 2.35. The van der Waals surface area contributed by atoms with E-state index >= 15 is 0 Å². The summed E-state index contributed by atoms with van der Waals surface area (Å²) in [7, 11) is 0. The number of carbonyl (C=O) groups is 3. The van der Waals surface area contributed by atoms with Crippen molar-refractivity contribution in [2.75, 3.05) is 0 Å². The molecule has 0 aromatic carbocycles. The number of amides is 1. The standard InChI is InChI=1S/C13H17NO5S/c1-6(16)18-12-8-3-11-13(19-7(2)17)9(14(8)5-15)4-10(12)20-11/h5,8-13H,3-4H2,1-2H3. The number of esters is 2. The van der Waals surface area contributed by atoms with Crippen LogP contribution in [0.3, 0.4) is 0 Å². The second kappa shape index (κ2) is 4.95. The van der Waals surface area contributed by atoms with Crippen LogP contribution >= 0.6 is 11.8 Å². The van der Waals surface area contributed by atoms with E-state index in [1.807, 2.05) is 0 Å². The summed E-state index contributed by atoms with van der Waals surface area (Å²) in [6, 6.07) is -0.170. The summed E-state index contributed by atoms with van der Waals surface area (Å²) in [4.78, 5) is 35.6. The number of rotatable bonds is 3. The summed E-state index contributed by atoms with van der Waals surface area (Å²) in [5, 5.41) is 0.381. The van der Waals surface area contributed by atoms with Crippen LogP contribution in [0.2, 0.25) is 0 Å². The molecule has 6 nitrogen and oxygen atoms in total. The van der Waals surface area contributed by atoms with Gasteiger partial charge in [0.25, 0.3) is 0 Å². The van der Waals surface area contributed by atoms with E-state index in [-0.39, 0.29) is 46.7 Å². The minimum Gasteiger partial charge on any atom is -0.459 e. The normalized spacial score (nSPS) is 41.4. The summed E-state index contributed by atoms with van der Waals surface area (Å²) < 4.78 is 10.8. The van der Waals surface area contributed by atoms with Crippen molar-refractivity contribution >= 4 is 30.1 Å². The maximum absolute atomic E-state index is 11.4. The van der Waals surface area contributed by atoms with Crippen molar-refractivity contribution < 1.29 is 23.9 Å². The Morgan fingerprint density at radius 1 is 1.05 bits per heavy atom. The van der Waals surface area contributed by atoms with Gasteiger partial charge in [0.2, 0.25) is 6.41 Å². The molecule has 4 bridgehead atoms. The number of carbonyl (C=O) groups excluding carboxylic acids is 3. The first-order valence-corrected chi connectivity index (χ1v) is 7.68. The maximum Gasteiger partial charge on any atom is 0.303 e. The predicted octanol–water partition coefficient (Wildman–Crippen LogP) is 0.337. The van der Waals surface area contributed by atoms with Gasteiger partial charge in [-0.1, -0.05) is 0 Å². The Labute approximate surface area is 121 Å². The number of hydrogen-bond donors (Lipinski definition) is 0. The zero-order chi connectivity index (χ0) is 14.4. The molecule has 0 saturated carbocycles. The Hall–Kier alpha value is -1.24. The molecule has 1 amide bonds. The quantitative estimate of drug-likeness (QED) is 0.552. The molecule has 20 heavy (non-hydrogen) atoms. The molecule has 0 aromatic rings. The predicted molar refractivity (Wildman–Crippen MR) is 71.0 cm³/mol. The third kappa shape index (κ3) is 2.08. The van der Waals surface area contributed by atoms with Crippen LogP contribution < -0.4 is 0 Å². The molecule has 7 heteroatoms. The molecule has 4 rings (SSSR count). The molecule has 4 heterocycles.